The monoisotopic (exact) mass is 219 g/mol. The molecule has 4 nitrogen and oxygen atoms in total. The van der Waals surface area contributed by atoms with Gasteiger partial charge >= 0.3 is 0 Å². The standard InChI is InChI=1S/C12H17N3O/c1-9(10-5-3-4-7-13-10)14-11-6-8-15(2)12(11)16/h3-5,7,9,11,14H,6,8H2,1-2H3/t9-,11?/m0/s1. The lowest BCUT2D eigenvalue weighted by molar-refractivity contribution is -0.128. The molecule has 1 aliphatic heterocycles. The summed E-state index contributed by atoms with van der Waals surface area (Å²) in [4.78, 5) is 17.8. The Morgan fingerprint density at radius 2 is 2.38 bits per heavy atom. The lowest BCUT2D eigenvalue weighted by Gasteiger charge is -2.17. The molecule has 0 saturated carbocycles. The summed E-state index contributed by atoms with van der Waals surface area (Å²) in [5.74, 6) is 0.183. The van der Waals surface area contributed by atoms with Gasteiger partial charge in [-0.3, -0.25) is 15.1 Å². The van der Waals surface area contributed by atoms with Crippen LogP contribution in [0, 0.1) is 0 Å². The summed E-state index contributed by atoms with van der Waals surface area (Å²) in [5, 5.41) is 3.32. The number of nitrogens with one attached hydrogen (secondary N) is 1. The highest BCUT2D eigenvalue weighted by atomic mass is 16.2. The fourth-order valence-corrected chi connectivity index (χ4v) is 2.00. The quantitative estimate of drug-likeness (QED) is 0.823. The number of hydrogen-bond acceptors (Lipinski definition) is 3. The molecule has 16 heavy (non-hydrogen) atoms. The van der Waals surface area contributed by atoms with E-state index < -0.39 is 0 Å². The van der Waals surface area contributed by atoms with Gasteiger partial charge in [0.05, 0.1) is 11.7 Å². The topological polar surface area (TPSA) is 45.2 Å². The van der Waals surface area contributed by atoms with Gasteiger partial charge in [-0.05, 0) is 25.5 Å². The highest BCUT2D eigenvalue weighted by molar-refractivity contribution is 5.83. The van der Waals surface area contributed by atoms with Crippen molar-refractivity contribution in [3.63, 3.8) is 0 Å². The van der Waals surface area contributed by atoms with Gasteiger partial charge in [0, 0.05) is 25.8 Å². The maximum Gasteiger partial charge on any atom is 0.239 e. The molecule has 1 aliphatic rings. The highest BCUT2D eigenvalue weighted by Gasteiger charge is 2.29. The molecule has 1 aromatic rings. The summed E-state index contributed by atoms with van der Waals surface area (Å²) in [5.41, 5.74) is 0.977. The zero-order valence-electron chi connectivity index (χ0n) is 9.68. The zero-order valence-corrected chi connectivity index (χ0v) is 9.68. The number of likely N-dealkylation sites (tertiary alicyclic amines) is 1. The first-order valence-electron chi connectivity index (χ1n) is 5.60. The Bertz CT molecular complexity index is 366. The van der Waals surface area contributed by atoms with E-state index in [0.717, 1.165) is 18.7 Å². The predicted octanol–water partition coefficient (Wildman–Crippen LogP) is 0.963. The summed E-state index contributed by atoms with van der Waals surface area (Å²) in [6, 6.07) is 5.89. The zero-order chi connectivity index (χ0) is 11.5. The molecule has 0 aliphatic carbocycles. The first-order chi connectivity index (χ1) is 7.68. The Labute approximate surface area is 95.7 Å². The molecular formula is C12H17N3O. The van der Waals surface area contributed by atoms with Crippen molar-refractivity contribution in [3.8, 4) is 0 Å². The molecule has 1 fully saturated rings. The van der Waals surface area contributed by atoms with Gasteiger partial charge in [0.2, 0.25) is 5.91 Å². The van der Waals surface area contributed by atoms with Crippen molar-refractivity contribution >= 4 is 5.91 Å². The number of rotatable bonds is 3. The third-order valence-corrected chi connectivity index (χ3v) is 3.01. The third-order valence-electron chi connectivity index (χ3n) is 3.01. The molecule has 0 spiro atoms. The molecule has 1 amide bonds. The van der Waals surface area contributed by atoms with Crippen LogP contribution in [0.1, 0.15) is 25.1 Å². The second kappa shape index (κ2) is 4.61. The Morgan fingerprint density at radius 3 is 2.94 bits per heavy atom. The minimum atomic E-state index is -0.0537. The van der Waals surface area contributed by atoms with Crippen molar-refractivity contribution in [2.45, 2.75) is 25.4 Å². The van der Waals surface area contributed by atoms with Crippen molar-refractivity contribution in [1.29, 1.82) is 0 Å². The molecule has 4 heteroatoms. The number of carbonyl (C=O) groups excluding carboxylic acids is 1. The smallest absolute Gasteiger partial charge is 0.239 e. The number of aromatic nitrogens is 1. The third kappa shape index (κ3) is 2.22. The van der Waals surface area contributed by atoms with E-state index in [2.05, 4.69) is 10.3 Å². The van der Waals surface area contributed by atoms with Crippen LogP contribution in [-0.2, 0) is 4.79 Å². The van der Waals surface area contributed by atoms with Crippen molar-refractivity contribution in [3.05, 3.63) is 30.1 Å². The Hall–Kier alpha value is -1.42. The van der Waals surface area contributed by atoms with Crippen LogP contribution in [0.4, 0.5) is 0 Å². The van der Waals surface area contributed by atoms with E-state index in [1.165, 1.54) is 0 Å². The van der Waals surface area contributed by atoms with Gasteiger partial charge in [-0.15, -0.1) is 0 Å². The average molecular weight is 219 g/mol. The van der Waals surface area contributed by atoms with Gasteiger partial charge < -0.3 is 4.90 Å². The minimum absolute atomic E-state index is 0.0537. The molecule has 86 valence electrons. The molecule has 1 N–H and O–H groups in total. The van der Waals surface area contributed by atoms with E-state index in [0.29, 0.717) is 0 Å². The number of hydrogen-bond donors (Lipinski definition) is 1. The van der Waals surface area contributed by atoms with E-state index in [-0.39, 0.29) is 18.0 Å². The number of amides is 1. The van der Waals surface area contributed by atoms with Gasteiger partial charge in [-0.2, -0.15) is 0 Å². The van der Waals surface area contributed by atoms with E-state index in [1.54, 1.807) is 11.1 Å². The largest absolute Gasteiger partial charge is 0.344 e. The molecule has 0 aromatic carbocycles. The molecule has 0 radical (unpaired) electrons. The Kier molecular flexibility index (Phi) is 3.19. The number of carbonyl (C=O) groups is 1. The molecule has 1 saturated heterocycles. The SMILES string of the molecule is C[C@H](NC1CCN(C)C1=O)c1ccccn1. The fourth-order valence-electron chi connectivity index (χ4n) is 2.00. The molecule has 2 heterocycles. The molecule has 0 bridgehead atoms. The van der Waals surface area contributed by atoms with Gasteiger partial charge in [0.15, 0.2) is 0 Å². The second-order valence-corrected chi connectivity index (χ2v) is 4.24. The fraction of sp³-hybridized carbons (Fsp3) is 0.500. The van der Waals surface area contributed by atoms with Crippen LogP contribution in [0.15, 0.2) is 24.4 Å². The Balaban J connectivity index is 1.98. The molecule has 2 rings (SSSR count). The Morgan fingerprint density at radius 1 is 1.56 bits per heavy atom. The molecule has 2 atom stereocenters. The summed E-state index contributed by atoms with van der Waals surface area (Å²) in [6.07, 6.45) is 2.66. The van der Waals surface area contributed by atoms with Crippen LogP contribution >= 0.6 is 0 Å². The minimum Gasteiger partial charge on any atom is -0.344 e. The van der Waals surface area contributed by atoms with Gasteiger partial charge in [-0.1, -0.05) is 6.07 Å². The average Bonchev–Trinajstić information content (AvgIpc) is 2.62. The lowest BCUT2D eigenvalue weighted by Crippen LogP contribution is -2.38. The van der Waals surface area contributed by atoms with Crippen LogP contribution in [0.25, 0.3) is 0 Å². The molecular weight excluding hydrogens is 202 g/mol. The van der Waals surface area contributed by atoms with Crippen LogP contribution in [-0.4, -0.2) is 35.4 Å². The number of likely N-dealkylation sites (N-methyl/N-ethyl adjacent to an activating group) is 1. The summed E-state index contributed by atoms with van der Waals surface area (Å²) < 4.78 is 0. The van der Waals surface area contributed by atoms with Crippen molar-refractivity contribution in [2.24, 2.45) is 0 Å². The van der Waals surface area contributed by atoms with E-state index in [4.69, 9.17) is 0 Å². The van der Waals surface area contributed by atoms with Crippen LogP contribution < -0.4 is 5.32 Å². The summed E-state index contributed by atoms with van der Waals surface area (Å²) >= 11 is 0. The molecule has 1 aromatic heterocycles. The van der Waals surface area contributed by atoms with Crippen molar-refractivity contribution in [2.75, 3.05) is 13.6 Å². The number of pyridine rings is 1. The van der Waals surface area contributed by atoms with Crippen LogP contribution in [0.5, 0.6) is 0 Å². The molecule has 1 unspecified atom stereocenters. The highest BCUT2D eigenvalue weighted by Crippen LogP contribution is 2.14. The van der Waals surface area contributed by atoms with E-state index >= 15 is 0 Å². The predicted molar refractivity (Wildman–Crippen MR) is 61.8 cm³/mol. The maximum atomic E-state index is 11.7. The van der Waals surface area contributed by atoms with E-state index in [1.807, 2.05) is 32.2 Å². The van der Waals surface area contributed by atoms with Crippen molar-refractivity contribution < 1.29 is 4.79 Å². The first kappa shape index (κ1) is 11.1. The van der Waals surface area contributed by atoms with Gasteiger partial charge in [-0.25, -0.2) is 0 Å². The maximum absolute atomic E-state index is 11.7. The van der Waals surface area contributed by atoms with Gasteiger partial charge in [0.1, 0.15) is 0 Å². The first-order valence-corrected chi connectivity index (χ1v) is 5.60. The van der Waals surface area contributed by atoms with Crippen LogP contribution in [0.3, 0.4) is 0 Å². The summed E-state index contributed by atoms with van der Waals surface area (Å²) in [7, 11) is 1.84. The van der Waals surface area contributed by atoms with Gasteiger partial charge in [0.25, 0.3) is 0 Å². The lowest BCUT2D eigenvalue weighted by atomic mass is 10.1. The number of nitrogens with zero attached hydrogens (tertiary/aromatic N) is 2. The van der Waals surface area contributed by atoms with Crippen LogP contribution in [0.2, 0.25) is 0 Å². The summed E-state index contributed by atoms with van der Waals surface area (Å²) in [6.45, 7) is 2.87. The normalized spacial score (nSPS) is 22.5. The van der Waals surface area contributed by atoms with E-state index in [9.17, 15) is 4.79 Å². The second-order valence-electron chi connectivity index (χ2n) is 4.24. The van der Waals surface area contributed by atoms with Crippen molar-refractivity contribution in [1.82, 2.24) is 15.2 Å².